The lowest BCUT2D eigenvalue weighted by molar-refractivity contribution is -0.115. The van der Waals surface area contributed by atoms with Gasteiger partial charge in [0.05, 0.1) is 31.0 Å². The molecule has 0 bridgehead atoms. The van der Waals surface area contributed by atoms with Crippen LogP contribution in [0.1, 0.15) is 22.3 Å². The Hall–Kier alpha value is -3.17. The third kappa shape index (κ3) is 5.31. The average Bonchev–Trinajstić information content (AvgIpc) is 3.48. The molecule has 31 heavy (non-hydrogen) atoms. The van der Waals surface area contributed by atoms with Crippen molar-refractivity contribution in [3.63, 3.8) is 0 Å². The molecule has 2 aromatic heterocycles. The molecule has 2 amide bonds. The lowest BCUT2D eigenvalue weighted by atomic mass is 9.99. The van der Waals surface area contributed by atoms with Crippen molar-refractivity contribution in [2.24, 2.45) is 0 Å². The molecule has 3 heterocycles. The molecule has 7 nitrogen and oxygen atoms in total. The number of aromatic nitrogens is 2. The van der Waals surface area contributed by atoms with Crippen molar-refractivity contribution in [3.8, 4) is 11.3 Å². The Bertz CT molecular complexity index is 1120. The average molecular weight is 433 g/mol. The van der Waals surface area contributed by atoms with E-state index >= 15 is 0 Å². The van der Waals surface area contributed by atoms with E-state index in [1.54, 1.807) is 22.9 Å². The standard InChI is InChI=1S/C22H22BN4O3S/c1-23-27-8-5-18(13-27)21(29)24-12-20(28)26-22-25-19(14-31-22)17-4-2-3-16(11-17)15-6-9-30-10-7-15/h2-6,8,11,13-14H,7,9-10,12H2,1H3,(H,24,29)(H,25,26,28). The van der Waals surface area contributed by atoms with Crippen LogP contribution in [0.4, 0.5) is 5.13 Å². The highest BCUT2D eigenvalue weighted by Gasteiger charge is 2.13. The van der Waals surface area contributed by atoms with Crippen molar-refractivity contribution in [2.75, 3.05) is 25.1 Å². The monoisotopic (exact) mass is 433 g/mol. The Morgan fingerprint density at radius 3 is 2.94 bits per heavy atom. The quantitative estimate of drug-likeness (QED) is 0.560. The summed E-state index contributed by atoms with van der Waals surface area (Å²) in [7, 11) is 1.83. The van der Waals surface area contributed by atoms with Gasteiger partial charge in [-0.05, 0) is 35.9 Å². The summed E-state index contributed by atoms with van der Waals surface area (Å²) in [4.78, 5) is 28.9. The fraction of sp³-hybridized carbons (Fsp3) is 0.227. The van der Waals surface area contributed by atoms with E-state index < -0.39 is 0 Å². The summed E-state index contributed by atoms with van der Waals surface area (Å²) >= 11 is 1.35. The Labute approximate surface area is 185 Å². The maximum atomic E-state index is 12.2. The molecule has 0 unspecified atom stereocenters. The molecule has 0 aliphatic carbocycles. The van der Waals surface area contributed by atoms with Crippen LogP contribution >= 0.6 is 11.3 Å². The fourth-order valence-electron chi connectivity index (χ4n) is 3.27. The van der Waals surface area contributed by atoms with Gasteiger partial charge < -0.3 is 19.8 Å². The zero-order valence-corrected chi connectivity index (χ0v) is 17.9. The van der Waals surface area contributed by atoms with Gasteiger partial charge in [-0.15, -0.1) is 11.3 Å². The van der Waals surface area contributed by atoms with Gasteiger partial charge in [0, 0.05) is 17.1 Å². The van der Waals surface area contributed by atoms with Crippen LogP contribution in [0.15, 0.2) is 54.2 Å². The molecule has 2 N–H and O–H groups in total. The van der Waals surface area contributed by atoms with E-state index in [2.05, 4.69) is 33.8 Å². The number of carbonyl (C=O) groups excluding carboxylic acids is 2. The van der Waals surface area contributed by atoms with Crippen molar-refractivity contribution >= 4 is 41.3 Å². The summed E-state index contributed by atoms with van der Waals surface area (Å²) in [6, 6.07) is 9.91. The summed E-state index contributed by atoms with van der Waals surface area (Å²) in [5.74, 6) is -0.619. The first-order valence-corrected chi connectivity index (χ1v) is 10.9. The number of anilines is 1. The molecule has 1 aliphatic heterocycles. The zero-order valence-electron chi connectivity index (χ0n) is 17.1. The minimum absolute atomic E-state index is 0.125. The second-order valence-corrected chi connectivity index (χ2v) is 7.87. The van der Waals surface area contributed by atoms with Crippen LogP contribution < -0.4 is 10.6 Å². The van der Waals surface area contributed by atoms with E-state index in [0.717, 1.165) is 29.8 Å². The molecule has 9 heteroatoms. The molecule has 4 rings (SSSR count). The number of ether oxygens (including phenoxy) is 1. The van der Waals surface area contributed by atoms with Crippen molar-refractivity contribution in [3.05, 3.63) is 65.3 Å². The van der Waals surface area contributed by atoms with Crippen LogP contribution in [0, 0.1) is 0 Å². The Balaban J connectivity index is 1.35. The van der Waals surface area contributed by atoms with Crippen molar-refractivity contribution in [1.82, 2.24) is 14.8 Å². The molecule has 3 aromatic rings. The summed E-state index contributed by atoms with van der Waals surface area (Å²) < 4.78 is 7.16. The van der Waals surface area contributed by atoms with E-state index in [-0.39, 0.29) is 18.4 Å². The zero-order chi connectivity index (χ0) is 21.6. The lowest BCUT2D eigenvalue weighted by Gasteiger charge is -2.14. The second-order valence-electron chi connectivity index (χ2n) is 7.01. The van der Waals surface area contributed by atoms with Gasteiger partial charge in [-0.3, -0.25) is 9.59 Å². The number of hydrogen-bond donors (Lipinski definition) is 2. The second kappa shape index (κ2) is 9.76. The van der Waals surface area contributed by atoms with Gasteiger partial charge in [0.1, 0.15) is 0 Å². The Kier molecular flexibility index (Phi) is 6.64. The fourth-order valence-corrected chi connectivity index (χ4v) is 4.00. The molecule has 0 saturated carbocycles. The normalized spacial score (nSPS) is 13.4. The highest BCUT2D eigenvalue weighted by atomic mass is 32.1. The Morgan fingerprint density at radius 1 is 1.29 bits per heavy atom. The maximum absolute atomic E-state index is 12.2. The lowest BCUT2D eigenvalue weighted by Crippen LogP contribution is -2.32. The summed E-state index contributed by atoms with van der Waals surface area (Å²) in [5, 5.41) is 7.78. The SMILES string of the molecule is C[B]n1ccc(C(=O)NCC(=O)Nc2nc(-c3cccc(C4=CCOCC4)c3)cs2)c1. The third-order valence-corrected chi connectivity index (χ3v) is 5.68. The number of nitrogens with zero attached hydrogens (tertiary/aromatic N) is 2. The molecule has 0 fully saturated rings. The van der Waals surface area contributed by atoms with E-state index in [4.69, 9.17) is 4.74 Å². The van der Waals surface area contributed by atoms with E-state index in [0.29, 0.717) is 17.3 Å². The molecule has 1 aliphatic rings. The molecule has 0 saturated heterocycles. The molecule has 0 spiro atoms. The molecular formula is C22H22BN4O3S. The van der Waals surface area contributed by atoms with Crippen molar-refractivity contribution in [2.45, 2.75) is 13.2 Å². The van der Waals surface area contributed by atoms with Gasteiger partial charge in [-0.2, -0.15) is 0 Å². The molecule has 1 radical (unpaired) electrons. The highest BCUT2D eigenvalue weighted by Crippen LogP contribution is 2.29. The molecular weight excluding hydrogens is 411 g/mol. The predicted molar refractivity (Wildman–Crippen MR) is 123 cm³/mol. The summed E-state index contributed by atoms with van der Waals surface area (Å²) in [6.45, 7) is 3.13. The smallest absolute Gasteiger partial charge is 0.253 e. The van der Waals surface area contributed by atoms with E-state index in [1.165, 1.54) is 16.9 Å². The van der Waals surface area contributed by atoms with Crippen LogP contribution in [0.2, 0.25) is 6.82 Å². The number of nitrogens with one attached hydrogen (secondary N) is 2. The van der Waals surface area contributed by atoms with Gasteiger partial charge >= 0.3 is 0 Å². The number of amides is 2. The minimum Gasteiger partial charge on any atom is -0.402 e. The number of benzene rings is 1. The Morgan fingerprint density at radius 2 is 2.16 bits per heavy atom. The van der Waals surface area contributed by atoms with Gasteiger partial charge in [-0.25, -0.2) is 4.98 Å². The number of thiazole rings is 1. The molecule has 157 valence electrons. The van der Waals surface area contributed by atoms with Gasteiger partial charge in [0.15, 0.2) is 5.13 Å². The van der Waals surface area contributed by atoms with E-state index in [1.807, 2.05) is 31.8 Å². The van der Waals surface area contributed by atoms with E-state index in [9.17, 15) is 9.59 Å². The first kappa shape index (κ1) is 21.1. The summed E-state index contributed by atoms with van der Waals surface area (Å²) in [5.41, 5.74) is 4.74. The van der Waals surface area contributed by atoms with Crippen LogP contribution in [0.25, 0.3) is 16.8 Å². The van der Waals surface area contributed by atoms with Crippen LogP contribution in [0.3, 0.4) is 0 Å². The van der Waals surface area contributed by atoms with Gasteiger partial charge in [-0.1, -0.05) is 31.1 Å². The van der Waals surface area contributed by atoms with Crippen LogP contribution in [-0.2, 0) is 9.53 Å². The van der Waals surface area contributed by atoms with Crippen LogP contribution in [-0.4, -0.2) is 48.4 Å². The van der Waals surface area contributed by atoms with Gasteiger partial charge in [0.2, 0.25) is 13.3 Å². The first-order chi connectivity index (χ1) is 15.1. The number of rotatable bonds is 7. The number of carbonyl (C=O) groups is 2. The molecule has 0 atom stereocenters. The third-order valence-electron chi connectivity index (χ3n) is 4.93. The minimum atomic E-state index is -0.322. The molecule has 1 aromatic carbocycles. The van der Waals surface area contributed by atoms with Gasteiger partial charge in [0.25, 0.3) is 5.91 Å². The van der Waals surface area contributed by atoms with Crippen molar-refractivity contribution in [1.29, 1.82) is 0 Å². The predicted octanol–water partition coefficient (Wildman–Crippen LogP) is 3.30. The van der Waals surface area contributed by atoms with Crippen LogP contribution in [0.5, 0.6) is 0 Å². The maximum Gasteiger partial charge on any atom is 0.253 e. The largest absolute Gasteiger partial charge is 0.402 e. The first-order valence-electron chi connectivity index (χ1n) is 10.0. The highest BCUT2D eigenvalue weighted by molar-refractivity contribution is 7.14. The summed E-state index contributed by atoms with van der Waals surface area (Å²) in [6.07, 6.45) is 6.48. The number of hydrogen-bond acceptors (Lipinski definition) is 5. The van der Waals surface area contributed by atoms with Crippen molar-refractivity contribution < 1.29 is 14.3 Å². The topological polar surface area (TPSA) is 85.3 Å².